The zero-order valence-electron chi connectivity index (χ0n) is 10.3. The SMILES string of the molecule is N#Cc1cnc(NC(=O)Cc2cc3cccnc3[nH]2)o1. The van der Waals surface area contributed by atoms with Crippen LogP contribution in [0.3, 0.4) is 0 Å². The highest BCUT2D eigenvalue weighted by Gasteiger charge is 2.10. The van der Waals surface area contributed by atoms with Crippen LogP contribution in [-0.4, -0.2) is 20.9 Å². The molecule has 0 spiro atoms. The van der Waals surface area contributed by atoms with Gasteiger partial charge in [0.15, 0.2) is 0 Å². The predicted molar refractivity (Wildman–Crippen MR) is 69.6 cm³/mol. The van der Waals surface area contributed by atoms with Crippen LogP contribution in [0.5, 0.6) is 0 Å². The van der Waals surface area contributed by atoms with E-state index in [1.165, 1.54) is 6.20 Å². The Balaban J connectivity index is 1.70. The van der Waals surface area contributed by atoms with Crippen LogP contribution in [0, 0.1) is 11.3 Å². The number of aromatic amines is 1. The third kappa shape index (κ3) is 2.35. The molecule has 0 atom stereocenters. The molecule has 20 heavy (non-hydrogen) atoms. The van der Waals surface area contributed by atoms with Crippen molar-refractivity contribution < 1.29 is 9.21 Å². The molecule has 0 fully saturated rings. The normalized spacial score (nSPS) is 10.3. The predicted octanol–water partition coefficient (Wildman–Crippen LogP) is 1.60. The summed E-state index contributed by atoms with van der Waals surface area (Å²) in [5, 5.41) is 12.0. The molecular weight excluding hydrogens is 258 g/mol. The smallest absolute Gasteiger partial charge is 0.302 e. The fraction of sp³-hybridized carbons (Fsp3) is 0.0769. The Kier molecular flexibility index (Phi) is 2.89. The number of carbonyl (C=O) groups is 1. The van der Waals surface area contributed by atoms with E-state index < -0.39 is 0 Å². The lowest BCUT2D eigenvalue weighted by atomic mass is 10.2. The van der Waals surface area contributed by atoms with Crippen molar-refractivity contribution >= 4 is 23.0 Å². The van der Waals surface area contributed by atoms with Gasteiger partial charge in [-0.15, -0.1) is 0 Å². The Morgan fingerprint density at radius 2 is 2.40 bits per heavy atom. The molecule has 0 aliphatic carbocycles. The first-order valence-corrected chi connectivity index (χ1v) is 5.83. The number of H-pyrrole nitrogens is 1. The summed E-state index contributed by atoms with van der Waals surface area (Å²) in [4.78, 5) is 22.8. The minimum Gasteiger partial charge on any atom is -0.412 e. The van der Waals surface area contributed by atoms with Crippen LogP contribution in [0.4, 0.5) is 6.01 Å². The summed E-state index contributed by atoms with van der Waals surface area (Å²) in [5.41, 5.74) is 1.47. The number of nitrogens with zero attached hydrogens (tertiary/aromatic N) is 3. The first kappa shape index (κ1) is 11.9. The minimum atomic E-state index is -0.289. The van der Waals surface area contributed by atoms with Crippen LogP contribution >= 0.6 is 0 Å². The molecule has 0 unspecified atom stereocenters. The van der Waals surface area contributed by atoms with Crippen molar-refractivity contribution in [3.8, 4) is 6.07 Å². The highest BCUT2D eigenvalue weighted by atomic mass is 16.4. The van der Waals surface area contributed by atoms with Crippen LogP contribution in [-0.2, 0) is 11.2 Å². The van der Waals surface area contributed by atoms with Gasteiger partial charge in [0.2, 0.25) is 11.7 Å². The number of carbonyl (C=O) groups excluding carboxylic acids is 1. The second-order valence-electron chi connectivity index (χ2n) is 4.10. The van der Waals surface area contributed by atoms with Gasteiger partial charge >= 0.3 is 6.01 Å². The van der Waals surface area contributed by atoms with Crippen LogP contribution in [0.25, 0.3) is 11.0 Å². The molecule has 0 saturated heterocycles. The topological polar surface area (TPSA) is 108 Å². The molecule has 0 bridgehead atoms. The summed E-state index contributed by atoms with van der Waals surface area (Å²) in [5.74, 6) is -0.238. The second kappa shape index (κ2) is 4.85. The summed E-state index contributed by atoms with van der Waals surface area (Å²) in [6, 6.07) is 7.41. The monoisotopic (exact) mass is 267 g/mol. The van der Waals surface area contributed by atoms with Crippen molar-refractivity contribution in [1.29, 1.82) is 5.26 Å². The molecule has 1 amide bonds. The van der Waals surface area contributed by atoms with Gasteiger partial charge < -0.3 is 9.40 Å². The molecule has 3 aromatic heterocycles. The number of nitrogens with one attached hydrogen (secondary N) is 2. The number of nitriles is 1. The van der Waals surface area contributed by atoms with Crippen LogP contribution in [0.2, 0.25) is 0 Å². The number of fused-ring (bicyclic) bond motifs is 1. The Hall–Kier alpha value is -3.14. The highest BCUT2D eigenvalue weighted by molar-refractivity contribution is 5.91. The quantitative estimate of drug-likeness (QED) is 0.749. The van der Waals surface area contributed by atoms with Crippen LogP contribution < -0.4 is 5.32 Å². The van der Waals surface area contributed by atoms with E-state index in [0.29, 0.717) is 0 Å². The van der Waals surface area contributed by atoms with E-state index in [1.54, 1.807) is 12.3 Å². The van der Waals surface area contributed by atoms with Crippen molar-refractivity contribution in [3.05, 3.63) is 42.0 Å². The fourth-order valence-corrected chi connectivity index (χ4v) is 1.83. The number of rotatable bonds is 3. The molecule has 0 radical (unpaired) electrons. The molecular formula is C13H9N5O2. The van der Waals surface area contributed by atoms with E-state index in [9.17, 15) is 4.79 Å². The molecule has 3 heterocycles. The Morgan fingerprint density at radius 3 is 3.15 bits per heavy atom. The van der Waals surface area contributed by atoms with E-state index in [1.807, 2.05) is 18.2 Å². The molecule has 0 aliphatic rings. The number of oxazole rings is 1. The van der Waals surface area contributed by atoms with E-state index in [2.05, 4.69) is 20.3 Å². The van der Waals surface area contributed by atoms with Gasteiger partial charge in [-0.05, 0) is 18.2 Å². The third-order valence-corrected chi connectivity index (χ3v) is 2.66. The number of pyridine rings is 1. The van der Waals surface area contributed by atoms with Crippen LogP contribution in [0.1, 0.15) is 11.5 Å². The molecule has 98 valence electrons. The first-order valence-electron chi connectivity index (χ1n) is 5.83. The molecule has 3 aromatic rings. The maximum absolute atomic E-state index is 11.8. The Labute approximate surface area is 113 Å². The van der Waals surface area contributed by atoms with Gasteiger partial charge in [-0.2, -0.15) is 5.26 Å². The zero-order valence-corrected chi connectivity index (χ0v) is 10.3. The lowest BCUT2D eigenvalue weighted by molar-refractivity contribution is -0.115. The molecule has 2 N–H and O–H groups in total. The standard InChI is InChI=1S/C13H9N5O2/c14-6-10-7-16-13(20-10)18-11(19)5-9-4-8-2-1-3-15-12(8)17-9/h1-4,7H,5H2,(H,15,17)(H,16,18,19). The average molecular weight is 267 g/mol. The highest BCUT2D eigenvalue weighted by Crippen LogP contribution is 2.13. The maximum atomic E-state index is 11.8. The summed E-state index contributed by atoms with van der Waals surface area (Å²) < 4.78 is 4.97. The summed E-state index contributed by atoms with van der Waals surface area (Å²) in [6.07, 6.45) is 3.07. The number of amides is 1. The Morgan fingerprint density at radius 1 is 1.50 bits per heavy atom. The largest absolute Gasteiger partial charge is 0.412 e. The first-order chi connectivity index (χ1) is 9.74. The molecule has 0 saturated carbocycles. The zero-order chi connectivity index (χ0) is 13.9. The third-order valence-electron chi connectivity index (χ3n) is 2.66. The van der Waals surface area contributed by atoms with Crippen molar-refractivity contribution in [3.63, 3.8) is 0 Å². The molecule has 3 rings (SSSR count). The minimum absolute atomic E-state index is 0.0146. The van der Waals surface area contributed by atoms with E-state index in [0.717, 1.165) is 16.7 Å². The number of aromatic nitrogens is 3. The van der Waals surface area contributed by atoms with Gasteiger partial charge in [-0.1, -0.05) is 0 Å². The van der Waals surface area contributed by atoms with Gasteiger partial charge in [0.05, 0.1) is 12.6 Å². The number of hydrogen-bond acceptors (Lipinski definition) is 5. The van der Waals surface area contributed by atoms with Gasteiger partial charge in [-0.3, -0.25) is 10.1 Å². The van der Waals surface area contributed by atoms with E-state index in [-0.39, 0.29) is 24.1 Å². The number of hydrogen-bond donors (Lipinski definition) is 2. The van der Waals surface area contributed by atoms with Crippen LogP contribution in [0.15, 0.2) is 35.0 Å². The molecule has 7 heteroatoms. The molecule has 7 nitrogen and oxygen atoms in total. The second-order valence-corrected chi connectivity index (χ2v) is 4.10. The van der Waals surface area contributed by atoms with Crippen molar-refractivity contribution in [2.24, 2.45) is 0 Å². The lowest BCUT2D eigenvalue weighted by Crippen LogP contribution is -2.14. The van der Waals surface area contributed by atoms with E-state index in [4.69, 9.17) is 9.68 Å². The summed E-state index contributed by atoms with van der Waals surface area (Å²) in [7, 11) is 0. The summed E-state index contributed by atoms with van der Waals surface area (Å²) in [6.45, 7) is 0. The van der Waals surface area contributed by atoms with Crippen molar-refractivity contribution in [2.45, 2.75) is 6.42 Å². The van der Waals surface area contributed by atoms with Gasteiger partial charge in [0.1, 0.15) is 11.7 Å². The van der Waals surface area contributed by atoms with Crippen molar-refractivity contribution in [2.75, 3.05) is 5.32 Å². The summed E-state index contributed by atoms with van der Waals surface area (Å²) >= 11 is 0. The maximum Gasteiger partial charge on any atom is 0.302 e. The van der Waals surface area contributed by atoms with Gasteiger partial charge in [0, 0.05) is 17.3 Å². The Bertz CT molecular complexity index is 778. The molecule has 0 aromatic carbocycles. The number of anilines is 1. The fourth-order valence-electron chi connectivity index (χ4n) is 1.83. The van der Waals surface area contributed by atoms with Gasteiger partial charge in [-0.25, -0.2) is 9.97 Å². The van der Waals surface area contributed by atoms with Gasteiger partial charge in [0.25, 0.3) is 0 Å². The molecule has 0 aliphatic heterocycles. The lowest BCUT2D eigenvalue weighted by Gasteiger charge is -1.98. The van der Waals surface area contributed by atoms with E-state index >= 15 is 0 Å². The van der Waals surface area contributed by atoms with Crippen molar-refractivity contribution in [1.82, 2.24) is 15.0 Å². The average Bonchev–Trinajstić information content (AvgIpc) is 3.04.